The van der Waals surface area contributed by atoms with E-state index in [2.05, 4.69) is 19.9 Å². The van der Waals surface area contributed by atoms with Crippen LogP contribution in [-0.4, -0.2) is 0 Å². The van der Waals surface area contributed by atoms with Crippen LogP contribution in [-0.2, 0) is 19.4 Å². The maximum Gasteiger partial charge on any atom is 0.0997 e. The van der Waals surface area contributed by atoms with Crippen molar-refractivity contribution in [2.24, 2.45) is 5.73 Å². The molecule has 1 rings (SSSR count). The third-order valence-electron chi connectivity index (χ3n) is 2.47. The van der Waals surface area contributed by atoms with Crippen LogP contribution in [0, 0.1) is 11.3 Å². The number of rotatable bonds is 3. The first-order chi connectivity index (χ1) is 6.76. The first kappa shape index (κ1) is 10.7. The molecule has 0 aliphatic carbocycles. The van der Waals surface area contributed by atoms with Crippen LogP contribution in [0.15, 0.2) is 12.1 Å². The molecule has 74 valence electrons. The molecule has 0 aliphatic heterocycles. The molecule has 0 saturated carbocycles. The second-order valence-corrected chi connectivity index (χ2v) is 3.31. The van der Waals surface area contributed by atoms with E-state index in [-0.39, 0.29) is 0 Å². The molecule has 0 spiro atoms. The summed E-state index contributed by atoms with van der Waals surface area (Å²) in [7, 11) is 0. The molecule has 0 bridgehead atoms. The van der Waals surface area contributed by atoms with Crippen molar-refractivity contribution < 1.29 is 0 Å². The molecule has 2 nitrogen and oxygen atoms in total. The van der Waals surface area contributed by atoms with E-state index in [4.69, 9.17) is 11.0 Å². The molecule has 0 saturated heterocycles. The Balaban J connectivity index is 3.34. The van der Waals surface area contributed by atoms with Gasteiger partial charge in [0.25, 0.3) is 0 Å². The smallest absolute Gasteiger partial charge is 0.0997 e. The van der Waals surface area contributed by atoms with Crippen molar-refractivity contribution >= 4 is 0 Å². The maximum absolute atomic E-state index is 9.04. The summed E-state index contributed by atoms with van der Waals surface area (Å²) in [5.74, 6) is 0. The largest absolute Gasteiger partial charge is 0.326 e. The van der Waals surface area contributed by atoms with Crippen LogP contribution in [0.2, 0.25) is 0 Å². The van der Waals surface area contributed by atoms with Crippen molar-refractivity contribution in [3.63, 3.8) is 0 Å². The first-order valence-electron chi connectivity index (χ1n) is 5.01. The molecule has 2 N–H and O–H groups in total. The van der Waals surface area contributed by atoms with Gasteiger partial charge in [0.05, 0.1) is 11.6 Å². The lowest BCUT2D eigenvalue weighted by molar-refractivity contribution is 1.01. The quantitative estimate of drug-likeness (QED) is 0.790. The lowest BCUT2D eigenvalue weighted by Crippen LogP contribution is -2.02. The van der Waals surface area contributed by atoms with Gasteiger partial charge < -0.3 is 5.73 Å². The fraction of sp³-hybridized carbons (Fsp3) is 0.417. The Labute approximate surface area is 85.4 Å². The molecule has 1 aromatic carbocycles. The van der Waals surface area contributed by atoms with Gasteiger partial charge in [-0.1, -0.05) is 26.0 Å². The summed E-state index contributed by atoms with van der Waals surface area (Å²) in [5, 5.41) is 9.04. The molecular weight excluding hydrogens is 172 g/mol. The summed E-state index contributed by atoms with van der Waals surface area (Å²) >= 11 is 0. The number of benzene rings is 1. The Bertz CT molecular complexity index is 336. The number of hydrogen-bond acceptors (Lipinski definition) is 2. The Kier molecular flexibility index (Phi) is 3.67. The molecule has 0 radical (unpaired) electrons. The summed E-state index contributed by atoms with van der Waals surface area (Å²) in [5.41, 5.74) is 9.80. The lowest BCUT2D eigenvalue weighted by Gasteiger charge is -2.09. The third kappa shape index (κ3) is 1.94. The molecule has 2 heteroatoms. The third-order valence-corrected chi connectivity index (χ3v) is 2.47. The first-order valence-corrected chi connectivity index (χ1v) is 5.01. The number of nitriles is 1. The van der Waals surface area contributed by atoms with E-state index < -0.39 is 0 Å². The lowest BCUT2D eigenvalue weighted by atomic mass is 9.95. The zero-order valence-electron chi connectivity index (χ0n) is 8.80. The monoisotopic (exact) mass is 188 g/mol. The molecule has 0 aromatic heterocycles. The number of nitrogens with two attached hydrogens (primary N) is 1. The molecule has 14 heavy (non-hydrogen) atoms. The van der Waals surface area contributed by atoms with Crippen LogP contribution in [0.1, 0.15) is 36.1 Å². The highest BCUT2D eigenvalue weighted by Gasteiger charge is 2.07. The van der Waals surface area contributed by atoms with Gasteiger partial charge in [0.2, 0.25) is 0 Å². The Morgan fingerprint density at radius 1 is 1.21 bits per heavy atom. The second kappa shape index (κ2) is 4.78. The van der Waals surface area contributed by atoms with Gasteiger partial charge in [-0.15, -0.1) is 0 Å². The number of aryl methyl sites for hydroxylation is 2. The van der Waals surface area contributed by atoms with Gasteiger partial charge in [-0.05, 0) is 29.5 Å². The molecule has 0 aliphatic rings. The van der Waals surface area contributed by atoms with Gasteiger partial charge in [-0.3, -0.25) is 0 Å². The Morgan fingerprint density at radius 3 is 2.00 bits per heavy atom. The van der Waals surface area contributed by atoms with E-state index in [1.165, 1.54) is 0 Å². The molecule has 0 amide bonds. The van der Waals surface area contributed by atoms with Gasteiger partial charge in [-0.2, -0.15) is 5.26 Å². The van der Waals surface area contributed by atoms with Crippen molar-refractivity contribution in [1.29, 1.82) is 5.26 Å². The highest BCUT2D eigenvalue weighted by atomic mass is 14.5. The van der Waals surface area contributed by atoms with Crippen LogP contribution in [0.5, 0.6) is 0 Å². The highest BCUT2D eigenvalue weighted by Crippen LogP contribution is 2.18. The zero-order valence-corrected chi connectivity index (χ0v) is 8.80. The minimum absolute atomic E-state index is 0.547. The fourth-order valence-corrected chi connectivity index (χ4v) is 1.66. The zero-order chi connectivity index (χ0) is 10.6. The van der Waals surface area contributed by atoms with Crippen molar-refractivity contribution in [2.45, 2.75) is 33.2 Å². The average molecular weight is 188 g/mol. The van der Waals surface area contributed by atoms with Crippen molar-refractivity contribution in [3.05, 3.63) is 34.4 Å². The van der Waals surface area contributed by atoms with Crippen molar-refractivity contribution in [2.75, 3.05) is 0 Å². The normalized spacial score (nSPS) is 9.86. The van der Waals surface area contributed by atoms with Crippen LogP contribution < -0.4 is 5.73 Å². The molecule has 0 fully saturated rings. The summed E-state index contributed by atoms with van der Waals surface area (Å²) < 4.78 is 0. The van der Waals surface area contributed by atoms with Crippen LogP contribution in [0.3, 0.4) is 0 Å². The minimum Gasteiger partial charge on any atom is -0.326 e. The van der Waals surface area contributed by atoms with Crippen LogP contribution >= 0.6 is 0 Å². The predicted molar refractivity (Wildman–Crippen MR) is 57.8 cm³/mol. The number of hydrogen-bond donors (Lipinski definition) is 1. The highest BCUT2D eigenvalue weighted by molar-refractivity contribution is 5.47. The fourth-order valence-electron chi connectivity index (χ4n) is 1.66. The predicted octanol–water partition coefficient (Wildman–Crippen LogP) is 2.14. The van der Waals surface area contributed by atoms with Crippen LogP contribution in [0.25, 0.3) is 0 Å². The molecule has 0 unspecified atom stereocenters. The van der Waals surface area contributed by atoms with E-state index in [0.717, 1.165) is 35.1 Å². The van der Waals surface area contributed by atoms with Gasteiger partial charge in [-0.25, -0.2) is 0 Å². The SMILES string of the molecule is CCc1cc(CN)cc(CC)c1C#N. The average Bonchev–Trinajstić information content (AvgIpc) is 2.26. The van der Waals surface area contributed by atoms with E-state index in [0.29, 0.717) is 6.54 Å². The molecular formula is C12H16N2. The summed E-state index contributed by atoms with van der Waals surface area (Å²) in [6.45, 7) is 4.68. The van der Waals surface area contributed by atoms with E-state index in [1.54, 1.807) is 0 Å². The van der Waals surface area contributed by atoms with Gasteiger partial charge in [0.1, 0.15) is 0 Å². The van der Waals surface area contributed by atoms with Gasteiger partial charge in [0.15, 0.2) is 0 Å². The number of nitrogens with zero attached hydrogens (tertiary/aromatic N) is 1. The van der Waals surface area contributed by atoms with E-state index in [9.17, 15) is 0 Å². The van der Waals surface area contributed by atoms with Crippen LogP contribution in [0.4, 0.5) is 0 Å². The second-order valence-electron chi connectivity index (χ2n) is 3.31. The molecule has 0 heterocycles. The molecule has 1 aromatic rings. The van der Waals surface area contributed by atoms with Crippen molar-refractivity contribution in [1.82, 2.24) is 0 Å². The van der Waals surface area contributed by atoms with Crippen molar-refractivity contribution in [3.8, 4) is 6.07 Å². The minimum atomic E-state index is 0.547. The maximum atomic E-state index is 9.04. The Hall–Kier alpha value is -1.33. The summed E-state index contributed by atoms with van der Waals surface area (Å²) in [6, 6.07) is 6.36. The topological polar surface area (TPSA) is 49.8 Å². The summed E-state index contributed by atoms with van der Waals surface area (Å²) in [4.78, 5) is 0. The van der Waals surface area contributed by atoms with Gasteiger partial charge >= 0.3 is 0 Å². The van der Waals surface area contributed by atoms with E-state index in [1.807, 2.05) is 12.1 Å². The molecule has 0 atom stereocenters. The standard InChI is InChI=1S/C12H16N2/c1-3-10-5-9(7-13)6-11(4-2)12(10)8-14/h5-6H,3-4,7,13H2,1-2H3. The Morgan fingerprint density at radius 2 is 1.71 bits per heavy atom. The van der Waals surface area contributed by atoms with E-state index >= 15 is 0 Å². The summed E-state index contributed by atoms with van der Waals surface area (Å²) in [6.07, 6.45) is 1.79. The van der Waals surface area contributed by atoms with Gasteiger partial charge in [0, 0.05) is 6.54 Å².